The number of thioether (sulfide) groups is 1. The van der Waals surface area contributed by atoms with Gasteiger partial charge in [0, 0.05) is 18.7 Å². The summed E-state index contributed by atoms with van der Waals surface area (Å²) < 4.78 is 2.06. The number of nitrogens with zero attached hydrogens (tertiary/aromatic N) is 3. The van der Waals surface area contributed by atoms with Crippen LogP contribution >= 0.6 is 11.8 Å². The van der Waals surface area contributed by atoms with Gasteiger partial charge in [0.1, 0.15) is 5.82 Å². The van der Waals surface area contributed by atoms with E-state index in [4.69, 9.17) is 0 Å². The van der Waals surface area contributed by atoms with Gasteiger partial charge in [0.25, 0.3) is 0 Å². The van der Waals surface area contributed by atoms with Crippen LogP contribution in [0.15, 0.2) is 29.4 Å². The summed E-state index contributed by atoms with van der Waals surface area (Å²) in [6, 6.07) is 7.82. The van der Waals surface area contributed by atoms with Crippen molar-refractivity contribution in [3.05, 3.63) is 35.7 Å². The molecule has 3 rings (SSSR count). The first kappa shape index (κ1) is 17.0. The molecule has 1 aliphatic carbocycles. The first-order chi connectivity index (χ1) is 11.6. The molecule has 1 N–H and O–H groups in total. The number of aromatic nitrogens is 3. The van der Waals surface area contributed by atoms with E-state index in [1.807, 2.05) is 38.2 Å². The maximum Gasteiger partial charge on any atom is 0.234 e. The molecule has 0 atom stereocenters. The third-order valence-electron chi connectivity index (χ3n) is 4.47. The summed E-state index contributed by atoms with van der Waals surface area (Å²) in [4.78, 5) is 12.1. The smallest absolute Gasteiger partial charge is 0.234 e. The van der Waals surface area contributed by atoms with Crippen LogP contribution in [0, 0.1) is 6.92 Å². The molecular weight excluding hydrogens is 320 g/mol. The molecule has 2 aromatic rings. The lowest BCUT2D eigenvalue weighted by atomic mass is 9.89. The van der Waals surface area contributed by atoms with E-state index in [1.54, 1.807) is 0 Å². The second-order valence-electron chi connectivity index (χ2n) is 6.44. The molecule has 5 nitrogen and oxygen atoms in total. The number of benzene rings is 1. The monoisotopic (exact) mass is 344 g/mol. The van der Waals surface area contributed by atoms with Crippen LogP contribution in [0.3, 0.4) is 0 Å². The normalized spacial score (nSPS) is 15.4. The zero-order valence-corrected chi connectivity index (χ0v) is 15.1. The number of carbonyl (C=O) groups excluding carboxylic acids is 1. The van der Waals surface area contributed by atoms with Crippen LogP contribution in [0.1, 0.15) is 49.4 Å². The van der Waals surface area contributed by atoms with Crippen LogP contribution in [-0.2, 0) is 11.8 Å². The quantitative estimate of drug-likeness (QED) is 0.836. The Morgan fingerprint density at radius 1 is 1.29 bits per heavy atom. The molecule has 0 saturated heterocycles. The largest absolute Gasteiger partial charge is 0.325 e. The minimum Gasteiger partial charge on any atom is -0.325 e. The van der Waals surface area contributed by atoms with Crippen LogP contribution in [0.2, 0.25) is 0 Å². The molecule has 0 radical (unpaired) electrons. The Kier molecular flexibility index (Phi) is 5.56. The molecule has 24 heavy (non-hydrogen) atoms. The van der Waals surface area contributed by atoms with Crippen molar-refractivity contribution in [2.75, 3.05) is 11.1 Å². The fraction of sp³-hybridized carbons (Fsp3) is 0.500. The van der Waals surface area contributed by atoms with Crippen LogP contribution in [0.25, 0.3) is 0 Å². The number of anilines is 1. The van der Waals surface area contributed by atoms with Crippen molar-refractivity contribution >= 4 is 23.4 Å². The minimum atomic E-state index is -0.0205. The summed E-state index contributed by atoms with van der Waals surface area (Å²) in [5.41, 5.74) is 1.97. The molecule has 1 heterocycles. The molecule has 1 aliphatic rings. The second kappa shape index (κ2) is 7.83. The zero-order chi connectivity index (χ0) is 16.9. The summed E-state index contributed by atoms with van der Waals surface area (Å²) in [5, 5.41) is 12.4. The first-order valence-electron chi connectivity index (χ1n) is 8.52. The van der Waals surface area contributed by atoms with E-state index in [0.29, 0.717) is 11.7 Å². The van der Waals surface area contributed by atoms with Gasteiger partial charge < -0.3 is 9.88 Å². The second-order valence-corrected chi connectivity index (χ2v) is 7.38. The van der Waals surface area contributed by atoms with E-state index < -0.39 is 0 Å². The molecule has 6 heteroatoms. The fourth-order valence-corrected chi connectivity index (χ4v) is 3.94. The van der Waals surface area contributed by atoms with Gasteiger partial charge >= 0.3 is 0 Å². The Morgan fingerprint density at radius 3 is 2.83 bits per heavy atom. The lowest BCUT2D eigenvalue weighted by Gasteiger charge is -2.20. The Balaban J connectivity index is 1.56. The van der Waals surface area contributed by atoms with Crippen LogP contribution in [-0.4, -0.2) is 26.4 Å². The number of hydrogen-bond acceptors (Lipinski definition) is 4. The lowest BCUT2D eigenvalue weighted by molar-refractivity contribution is -0.113. The Bertz CT molecular complexity index is 707. The van der Waals surface area contributed by atoms with Crippen molar-refractivity contribution in [1.29, 1.82) is 0 Å². The van der Waals surface area contributed by atoms with Gasteiger partial charge in [-0.05, 0) is 37.5 Å². The van der Waals surface area contributed by atoms with Crippen molar-refractivity contribution < 1.29 is 4.79 Å². The SMILES string of the molecule is Cc1cccc(NC(=O)CSc2nnc(C3CCCCC3)n2C)c1. The van der Waals surface area contributed by atoms with Gasteiger partial charge in [-0.3, -0.25) is 4.79 Å². The summed E-state index contributed by atoms with van der Waals surface area (Å²) in [6.45, 7) is 2.01. The van der Waals surface area contributed by atoms with Gasteiger partial charge in [-0.25, -0.2) is 0 Å². The molecular formula is C18H24N4OS. The van der Waals surface area contributed by atoms with Gasteiger partial charge in [0.15, 0.2) is 5.16 Å². The van der Waals surface area contributed by atoms with Gasteiger partial charge in [0.05, 0.1) is 5.75 Å². The molecule has 1 amide bonds. The Morgan fingerprint density at radius 2 is 2.08 bits per heavy atom. The highest BCUT2D eigenvalue weighted by molar-refractivity contribution is 7.99. The molecule has 1 saturated carbocycles. The van der Waals surface area contributed by atoms with E-state index in [-0.39, 0.29) is 5.91 Å². The van der Waals surface area contributed by atoms with E-state index in [1.165, 1.54) is 43.9 Å². The average Bonchev–Trinajstić information content (AvgIpc) is 2.94. The van der Waals surface area contributed by atoms with Crippen molar-refractivity contribution in [1.82, 2.24) is 14.8 Å². The number of carbonyl (C=O) groups is 1. The molecule has 0 aliphatic heterocycles. The highest BCUT2D eigenvalue weighted by Gasteiger charge is 2.22. The van der Waals surface area contributed by atoms with E-state index in [2.05, 4.69) is 20.1 Å². The minimum absolute atomic E-state index is 0.0205. The van der Waals surface area contributed by atoms with Crippen molar-refractivity contribution in [2.24, 2.45) is 7.05 Å². The summed E-state index contributed by atoms with van der Waals surface area (Å²) in [6.07, 6.45) is 6.28. The number of amides is 1. The summed E-state index contributed by atoms with van der Waals surface area (Å²) >= 11 is 1.44. The third kappa shape index (κ3) is 4.17. The van der Waals surface area contributed by atoms with Gasteiger partial charge in [-0.1, -0.05) is 43.2 Å². The van der Waals surface area contributed by atoms with E-state index in [0.717, 1.165) is 22.2 Å². The maximum absolute atomic E-state index is 12.1. The third-order valence-corrected chi connectivity index (χ3v) is 5.49. The van der Waals surface area contributed by atoms with Crippen molar-refractivity contribution in [2.45, 2.75) is 50.1 Å². The molecule has 0 spiro atoms. The standard InChI is InChI=1S/C18H24N4OS/c1-13-7-6-10-15(11-13)19-16(23)12-24-18-21-20-17(22(18)2)14-8-4-3-5-9-14/h6-7,10-11,14H,3-5,8-9,12H2,1-2H3,(H,19,23). The molecule has 0 bridgehead atoms. The molecule has 128 valence electrons. The van der Waals surface area contributed by atoms with Gasteiger partial charge in [-0.15, -0.1) is 10.2 Å². The lowest BCUT2D eigenvalue weighted by Crippen LogP contribution is -2.15. The Labute approximate surface area is 147 Å². The number of aryl methyl sites for hydroxylation is 1. The van der Waals surface area contributed by atoms with Gasteiger partial charge in [0.2, 0.25) is 5.91 Å². The molecule has 1 aromatic carbocycles. The topological polar surface area (TPSA) is 59.8 Å². The summed E-state index contributed by atoms with van der Waals surface area (Å²) in [5.74, 6) is 1.90. The van der Waals surface area contributed by atoms with Crippen LogP contribution in [0.5, 0.6) is 0 Å². The molecule has 1 fully saturated rings. The summed E-state index contributed by atoms with van der Waals surface area (Å²) in [7, 11) is 2.00. The highest BCUT2D eigenvalue weighted by atomic mass is 32.2. The molecule has 0 unspecified atom stereocenters. The predicted molar refractivity (Wildman–Crippen MR) is 97.4 cm³/mol. The number of nitrogens with one attached hydrogen (secondary N) is 1. The average molecular weight is 344 g/mol. The zero-order valence-electron chi connectivity index (χ0n) is 14.3. The highest BCUT2D eigenvalue weighted by Crippen LogP contribution is 2.32. The van der Waals surface area contributed by atoms with Gasteiger partial charge in [-0.2, -0.15) is 0 Å². The van der Waals surface area contributed by atoms with E-state index >= 15 is 0 Å². The van der Waals surface area contributed by atoms with Crippen molar-refractivity contribution in [3.8, 4) is 0 Å². The predicted octanol–water partition coefficient (Wildman–Crippen LogP) is 3.90. The fourth-order valence-electron chi connectivity index (χ4n) is 3.22. The Hall–Kier alpha value is -1.82. The maximum atomic E-state index is 12.1. The molecule has 1 aromatic heterocycles. The van der Waals surface area contributed by atoms with Crippen molar-refractivity contribution in [3.63, 3.8) is 0 Å². The number of hydrogen-bond donors (Lipinski definition) is 1. The number of rotatable bonds is 5. The van der Waals surface area contributed by atoms with E-state index in [9.17, 15) is 4.79 Å². The first-order valence-corrected chi connectivity index (χ1v) is 9.50. The van der Waals surface area contributed by atoms with Crippen LogP contribution < -0.4 is 5.32 Å². The van der Waals surface area contributed by atoms with Crippen LogP contribution in [0.4, 0.5) is 5.69 Å².